The van der Waals surface area contributed by atoms with Gasteiger partial charge in [-0.2, -0.15) is 0 Å². The van der Waals surface area contributed by atoms with Crippen molar-refractivity contribution in [1.82, 2.24) is 14.5 Å². The minimum absolute atomic E-state index is 0.0294. The molecule has 1 aliphatic rings. The lowest BCUT2D eigenvalue weighted by Crippen LogP contribution is -2.42. The van der Waals surface area contributed by atoms with Gasteiger partial charge in [0.1, 0.15) is 0 Å². The third-order valence-electron chi connectivity index (χ3n) is 4.72. The van der Waals surface area contributed by atoms with E-state index in [0.29, 0.717) is 13.2 Å². The van der Waals surface area contributed by atoms with Crippen LogP contribution in [-0.2, 0) is 4.74 Å². The zero-order chi connectivity index (χ0) is 18.0. The molecule has 25 heavy (non-hydrogen) atoms. The Labute approximate surface area is 148 Å². The number of nitrogens with one attached hydrogen (secondary N) is 1. The minimum Gasteiger partial charge on any atom is -0.389 e. The highest BCUT2D eigenvalue weighted by Gasteiger charge is 2.25. The monoisotopic (exact) mass is 347 g/mol. The zero-order valence-electron chi connectivity index (χ0n) is 15.4. The SMILES string of the molecule is CC(C)(C)OCC(O)CN1CCC(n2c(=O)[nH]c3ccccc32)CC1. The number of imidazole rings is 1. The quantitative estimate of drug-likeness (QED) is 0.869. The van der Waals surface area contributed by atoms with E-state index >= 15 is 0 Å². The first-order chi connectivity index (χ1) is 11.8. The van der Waals surface area contributed by atoms with E-state index in [1.54, 1.807) is 0 Å². The lowest BCUT2D eigenvalue weighted by atomic mass is 10.0. The summed E-state index contributed by atoms with van der Waals surface area (Å²) in [6, 6.07) is 8.04. The molecule has 2 N–H and O–H groups in total. The molecule has 0 bridgehead atoms. The predicted octanol–water partition coefficient (Wildman–Crippen LogP) is 2.14. The lowest BCUT2D eigenvalue weighted by molar-refractivity contribution is -0.0577. The summed E-state index contributed by atoms with van der Waals surface area (Å²) < 4.78 is 7.55. The van der Waals surface area contributed by atoms with E-state index in [2.05, 4.69) is 9.88 Å². The number of aliphatic hydroxyl groups excluding tert-OH is 1. The molecule has 1 saturated heterocycles. The molecule has 1 aromatic heterocycles. The molecular weight excluding hydrogens is 318 g/mol. The number of hydrogen-bond donors (Lipinski definition) is 2. The van der Waals surface area contributed by atoms with E-state index in [1.807, 2.05) is 49.6 Å². The summed E-state index contributed by atoms with van der Waals surface area (Å²) in [5.74, 6) is 0. The van der Waals surface area contributed by atoms with Gasteiger partial charge >= 0.3 is 5.69 Å². The van der Waals surface area contributed by atoms with Gasteiger partial charge in [-0.05, 0) is 45.7 Å². The van der Waals surface area contributed by atoms with Crippen molar-refractivity contribution in [2.24, 2.45) is 0 Å². The molecule has 1 unspecified atom stereocenters. The Morgan fingerprint density at radius 2 is 1.96 bits per heavy atom. The van der Waals surface area contributed by atoms with Crippen molar-refractivity contribution < 1.29 is 9.84 Å². The van der Waals surface area contributed by atoms with Gasteiger partial charge in [0.2, 0.25) is 0 Å². The van der Waals surface area contributed by atoms with E-state index in [0.717, 1.165) is 37.0 Å². The average molecular weight is 347 g/mol. The van der Waals surface area contributed by atoms with Crippen LogP contribution in [0.5, 0.6) is 0 Å². The number of hydrogen-bond acceptors (Lipinski definition) is 4. The second-order valence-electron chi connectivity index (χ2n) is 7.93. The molecule has 1 atom stereocenters. The van der Waals surface area contributed by atoms with Crippen LogP contribution in [0.4, 0.5) is 0 Å². The summed E-state index contributed by atoms with van der Waals surface area (Å²) in [5.41, 5.74) is 1.61. The molecule has 6 nitrogen and oxygen atoms in total. The Bertz CT molecular complexity index is 751. The van der Waals surface area contributed by atoms with E-state index in [1.165, 1.54) is 0 Å². The van der Waals surface area contributed by atoms with Gasteiger partial charge in [-0.3, -0.25) is 4.57 Å². The minimum atomic E-state index is -0.480. The van der Waals surface area contributed by atoms with E-state index in [-0.39, 0.29) is 17.3 Å². The van der Waals surface area contributed by atoms with Crippen LogP contribution in [0, 0.1) is 0 Å². The van der Waals surface area contributed by atoms with Crippen LogP contribution in [-0.4, -0.2) is 57.5 Å². The fourth-order valence-electron chi connectivity index (χ4n) is 3.49. The predicted molar refractivity (Wildman–Crippen MR) is 99.0 cm³/mol. The number of aliphatic hydroxyl groups is 1. The number of rotatable bonds is 5. The third-order valence-corrected chi connectivity index (χ3v) is 4.72. The molecule has 2 aromatic rings. The first-order valence-electron chi connectivity index (χ1n) is 9.07. The number of β-amino-alcohol motifs (C(OH)–C–C–N with tert-alkyl or cyclic N) is 1. The van der Waals surface area contributed by atoms with E-state index in [4.69, 9.17) is 4.74 Å². The Morgan fingerprint density at radius 3 is 2.64 bits per heavy atom. The number of ether oxygens (including phenoxy) is 1. The van der Waals surface area contributed by atoms with Crippen molar-refractivity contribution in [3.8, 4) is 0 Å². The van der Waals surface area contributed by atoms with Gasteiger partial charge in [-0.25, -0.2) is 4.79 Å². The van der Waals surface area contributed by atoms with Crippen molar-refractivity contribution in [2.45, 2.75) is 51.4 Å². The Morgan fingerprint density at radius 1 is 1.28 bits per heavy atom. The number of H-pyrrole nitrogens is 1. The van der Waals surface area contributed by atoms with Gasteiger partial charge in [0, 0.05) is 25.7 Å². The number of likely N-dealkylation sites (tertiary alicyclic amines) is 1. The van der Waals surface area contributed by atoms with Gasteiger partial charge in [0.05, 0.1) is 29.3 Å². The highest BCUT2D eigenvalue weighted by molar-refractivity contribution is 5.75. The lowest BCUT2D eigenvalue weighted by Gasteiger charge is -2.34. The normalized spacial score (nSPS) is 18.7. The van der Waals surface area contributed by atoms with Crippen LogP contribution in [0.2, 0.25) is 0 Å². The second kappa shape index (κ2) is 7.32. The number of aromatic nitrogens is 2. The smallest absolute Gasteiger partial charge is 0.326 e. The summed E-state index contributed by atoms with van der Waals surface area (Å²) in [7, 11) is 0. The van der Waals surface area contributed by atoms with Crippen LogP contribution in [0.1, 0.15) is 39.7 Å². The summed E-state index contributed by atoms with van der Waals surface area (Å²) in [5, 5.41) is 10.2. The van der Waals surface area contributed by atoms with Gasteiger partial charge < -0.3 is 19.7 Å². The van der Waals surface area contributed by atoms with Crippen molar-refractivity contribution in [2.75, 3.05) is 26.2 Å². The zero-order valence-corrected chi connectivity index (χ0v) is 15.4. The molecule has 0 amide bonds. The van der Waals surface area contributed by atoms with Crippen LogP contribution >= 0.6 is 0 Å². The standard InChI is InChI=1S/C19H29N3O3/c1-19(2,3)25-13-15(23)12-21-10-8-14(9-11-21)22-17-7-5-4-6-16(17)20-18(22)24/h4-7,14-15,23H,8-13H2,1-3H3,(H,20,24). The van der Waals surface area contributed by atoms with E-state index < -0.39 is 6.10 Å². The second-order valence-corrected chi connectivity index (χ2v) is 7.93. The van der Waals surface area contributed by atoms with Crippen LogP contribution in [0.15, 0.2) is 29.1 Å². The van der Waals surface area contributed by atoms with Crippen LogP contribution in [0.25, 0.3) is 11.0 Å². The molecule has 2 heterocycles. The molecule has 138 valence electrons. The number of benzene rings is 1. The summed E-state index contributed by atoms with van der Waals surface area (Å²) in [4.78, 5) is 17.5. The first-order valence-corrected chi connectivity index (χ1v) is 9.07. The molecule has 3 rings (SSSR count). The van der Waals surface area contributed by atoms with Gasteiger partial charge in [0.15, 0.2) is 0 Å². The maximum absolute atomic E-state index is 12.3. The highest BCUT2D eigenvalue weighted by Crippen LogP contribution is 2.24. The molecular formula is C19H29N3O3. The highest BCUT2D eigenvalue weighted by atomic mass is 16.5. The molecule has 0 saturated carbocycles. The van der Waals surface area contributed by atoms with Crippen molar-refractivity contribution in [3.63, 3.8) is 0 Å². The number of fused-ring (bicyclic) bond motifs is 1. The summed E-state index contributed by atoms with van der Waals surface area (Å²) in [6.07, 6.45) is 1.34. The Balaban J connectivity index is 1.57. The fraction of sp³-hybridized carbons (Fsp3) is 0.632. The van der Waals surface area contributed by atoms with Crippen LogP contribution in [0.3, 0.4) is 0 Å². The maximum Gasteiger partial charge on any atom is 0.326 e. The molecule has 0 aliphatic carbocycles. The van der Waals surface area contributed by atoms with Gasteiger partial charge in [-0.1, -0.05) is 12.1 Å². The molecule has 0 spiro atoms. The largest absolute Gasteiger partial charge is 0.389 e. The Hall–Kier alpha value is -1.63. The summed E-state index contributed by atoms with van der Waals surface area (Å²) in [6.45, 7) is 8.70. The van der Waals surface area contributed by atoms with Crippen molar-refractivity contribution in [3.05, 3.63) is 34.7 Å². The molecule has 6 heteroatoms. The summed E-state index contributed by atoms with van der Waals surface area (Å²) >= 11 is 0. The van der Waals surface area contributed by atoms with Crippen LogP contribution < -0.4 is 5.69 Å². The van der Waals surface area contributed by atoms with Crippen molar-refractivity contribution in [1.29, 1.82) is 0 Å². The molecule has 1 fully saturated rings. The maximum atomic E-state index is 12.3. The number of para-hydroxylation sites is 2. The van der Waals surface area contributed by atoms with Gasteiger partial charge in [-0.15, -0.1) is 0 Å². The topological polar surface area (TPSA) is 70.5 Å². The van der Waals surface area contributed by atoms with Gasteiger partial charge in [0.25, 0.3) is 0 Å². The van der Waals surface area contributed by atoms with E-state index in [9.17, 15) is 9.90 Å². The molecule has 1 aromatic carbocycles. The third kappa shape index (κ3) is 4.51. The first kappa shape index (κ1) is 18.2. The molecule has 0 radical (unpaired) electrons. The van der Waals surface area contributed by atoms with Crippen molar-refractivity contribution >= 4 is 11.0 Å². The Kier molecular flexibility index (Phi) is 5.32. The number of aromatic amines is 1. The number of nitrogens with zero attached hydrogens (tertiary/aromatic N) is 2. The average Bonchev–Trinajstić information content (AvgIpc) is 2.89. The fourth-order valence-corrected chi connectivity index (χ4v) is 3.49. The number of piperidine rings is 1. The molecule has 1 aliphatic heterocycles.